The molecule has 0 aliphatic heterocycles. The minimum atomic E-state index is 0.755. The van der Waals surface area contributed by atoms with E-state index in [-0.39, 0.29) is 0 Å². The molecule has 0 aromatic rings. The van der Waals surface area contributed by atoms with Gasteiger partial charge in [-0.1, -0.05) is 12.1 Å². The molecule has 1 N–H and O–H groups in total. The summed E-state index contributed by atoms with van der Waals surface area (Å²) in [7, 11) is 0. The molecule has 7 heavy (non-hydrogen) atoms. The summed E-state index contributed by atoms with van der Waals surface area (Å²) in [6, 6.07) is 0. The van der Waals surface area contributed by atoms with Gasteiger partial charge < -0.3 is 5.21 Å². The van der Waals surface area contributed by atoms with Crippen LogP contribution < -0.4 is 0 Å². The quantitative estimate of drug-likeness (QED) is 0.359. The monoisotopic (exact) mass is 99.1 g/mol. The van der Waals surface area contributed by atoms with Crippen molar-refractivity contribution in [1.82, 2.24) is 0 Å². The summed E-state index contributed by atoms with van der Waals surface area (Å²) >= 11 is 0. The molecule has 0 bridgehead atoms. The maximum atomic E-state index is 8.09. The van der Waals surface area contributed by atoms with Gasteiger partial charge in [0.25, 0.3) is 0 Å². The fourth-order valence-corrected chi connectivity index (χ4v) is 0.826. The fourth-order valence-electron chi connectivity index (χ4n) is 0.826. The van der Waals surface area contributed by atoms with Gasteiger partial charge in [0.15, 0.2) is 0 Å². The fraction of sp³-hybridized carbons (Fsp3) is 0.800. The molecule has 0 amide bonds. The number of rotatable bonds is 0. The Morgan fingerprint density at radius 2 is 2.29 bits per heavy atom. The third kappa shape index (κ3) is 0.734. The van der Waals surface area contributed by atoms with E-state index in [2.05, 4.69) is 12.1 Å². The lowest BCUT2D eigenvalue weighted by Gasteiger charge is -2.21. The molecule has 1 saturated carbocycles. The Balaban J connectivity index is 2.30. The zero-order chi connectivity index (χ0) is 5.28. The van der Waals surface area contributed by atoms with E-state index in [0.29, 0.717) is 0 Å². The maximum absolute atomic E-state index is 8.09. The van der Waals surface area contributed by atoms with E-state index in [1.54, 1.807) is 0 Å². The number of hydrogen-bond acceptors (Lipinski definition) is 2. The second kappa shape index (κ2) is 1.52. The van der Waals surface area contributed by atoms with Crippen molar-refractivity contribution in [3.05, 3.63) is 0 Å². The van der Waals surface area contributed by atoms with Crippen LogP contribution in [0.3, 0.4) is 0 Å². The van der Waals surface area contributed by atoms with E-state index in [1.165, 1.54) is 0 Å². The molecule has 40 valence electrons. The molecule has 1 fully saturated rings. The van der Waals surface area contributed by atoms with Crippen molar-refractivity contribution in [3.8, 4) is 0 Å². The molecule has 2 nitrogen and oxygen atoms in total. The summed E-state index contributed by atoms with van der Waals surface area (Å²) < 4.78 is 0. The van der Waals surface area contributed by atoms with Gasteiger partial charge in [0.05, 0.1) is 5.71 Å². The zero-order valence-corrected chi connectivity index (χ0v) is 4.39. The zero-order valence-electron chi connectivity index (χ0n) is 4.39. The first-order valence-corrected chi connectivity index (χ1v) is 2.52. The molecule has 2 heteroatoms. The van der Waals surface area contributed by atoms with Gasteiger partial charge in [-0.05, 0) is 18.8 Å². The van der Waals surface area contributed by atoms with Crippen molar-refractivity contribution in [1.29, 1.82) is 0 Å². The van der Waals surface area contributed by atoms with Gasteiger partial charge in [0.1, 0.15) is 0 Å². The van der Waals surface area contributed by atoms with Crippen LogP contribution in [0.1, 0.15) is 19.8 Å². The van der Waals surface area contributed by atoms with Gasteiger partial charge in [0.2, 0.25) is 0 Å². The molecule has 0 atom stereocenters. The highest BCUT2D eigenvalue weighted by Gasteiger charge is 2.19. The van der Waals surface area contributed by atoms with E-state index in [4.69, 9.17) is 5.21 Å². The third-order valence-electron chi connectivity index (χ3n) is 1.31. The van der Waals surface area contributed by atoms with Gasteiger partial charge in [0, 0.05) is 0 Å². The summed E-state index contributed by atoms with van der Waals surface area (Å²) in [6.07, 6.45) is 1.99. The molecule has 0 aromatic carbocycles. The van der Waals surface area contributed by atoms with Crippen LogP contribution in [-0.4, -0.2) is 10.9 Å². The van der Waals surface area contributed by atoms with Crippen LogP contribution in [0.25, 0.3) is 0 Å². The molecule has 0 aromatic heterocycles. The summed E-state index contributed by atoms with van der Waals surface area (Å²) in [4.78, 5) is 0. The topological polar surface area (TPSA) is 32.6 Å². The number of oxime groups is 1. The van der Waals surface area contributed by atoms with E-state index < -0.39 is 0 Å². The van der Waals surface area contributed by atoms with E-state index in [9.17, 15) is 0 Å². The van der Waals surface area contributed by atoms with Crippen LogP contribution >= 0.6 is 0 Å². The highest BCUT2D eigenvalue weighted by atomic mass is 16.4. The summed E-state index contributed by atoms with van der Waals surface area (Å²) in [5.74, 6) is 0.755. The van der Waals surface area contributed by atoms with Gasteiger partial charge in [-0.15, -0.1) is 0 Å². The van der Waals surface area contributed by atoms with Gasteiger partial charge in [-0.3, -0.25) is 0 Å². The van der Waals surface area contributed by atoms with Crippen LogP contribution in [0.4, 0.5) is 0 Å². The molecule has 1 rings (SSSR count). The first kappa shape index (κ1) is 4.62. The second-order valence-corrected chi connectivity index (χ2v) is 2.18. The Kier molecular flexibility index (Phi) is 1.01. The first-order valence-electron chi connectivity index (χ1n) is 2.52. The molecule has 0 heterocycles. The molecular weight excluding hydrogens is 90.1 g/mol. The molecule has 0 unspecified atom stereocenters. The molecule has 0 radical (unpaired) electrons. The third-order valence-corrected chi connectivity index (χ3v) is 1.31. The van der Waals surface area contributed by atoms with Gasteiger partial charge in [-0.2, -0.15) is 0 Å². The van der Waals surface area contributed by atoms with Crippen molar-refractivity contribution < 1.29 is 5.21 Å². The lowest BCUT2D eigenvalue weighted by atomic mass is 9.85. The van der Waals surface area contributed by atoms with Crippen LogP contribution in [0.2, 0.25) is 0 Å². The Hall–Kier alpha value is -0.530. The normalized spacial score (nSPS) is 29.3. The van der Waals surface area contributed by atoms with Crippen molar-refractivity contribution >= 4 is 5.71 Å². The number of nitrogens with zero attached hydrogens (tertiary/aromatic N) is 1. The van der Waals surface area contributed by atoms with Gasteiger partial charge in [-0.25, -0.2) is 0 Å². The smallest absolute Gasteiger partial charge is 0.0576 e. The predicted octanol–water partition coefficient (Wildman–Crippen LogP) is 1.25. The Labute approximate surface area is 42.8 Å². The van der Waals surface area contributed by atoms with Crippen molar-refractivity contribution in [2.24, 2.45) is 11.1 Å². The van der Waals surface area contributed by atoms with E-state index >= 15 is 0 Å². The molecule has 0 spiro atoms. The average Bonchev–Trinajstić information content (AvgIpc) is 1.58. The van der Waals surface area contributed by atoms with Crippen molar-refractivity contribution in [2.45, 2.75) is 19.8 Å². The molecule has 0 saturated heterocycles. The summed E-state index contributed by atoms with van der Waals surface area (Å²) in [5, 5.41) is 11.2. The van der Waals surface area contributed by atoms with Crippen LogP contribution in [0.15, 0.2) is 5.16 Å². The summed E-state index contributed by atoms with van der Waals surface area (Å²) in [5.41, 5.74) is 0.951. The minimum Gasteiger partial charge on any atom is -0.411 e. The molecule has 1 aliphatic rings. The average molecular weight is 99.1 g/mol. The van der Waals surface area contributed by atoms with Crippen LogP contribution in [0.5, 0.6) is 0 Å². The maximum Gasteiger partial charge on any atom is 0.0576 e. The highest BCUT2D eigenvalue weighted by molar-refractivity contribution is 5.89. The summed E-state index contributed by atoms with van der Waals surface area (Å²) in [6.45, 7) is 2.15. The Bertz CT molecular complexity index is 90.3. The SMILES string of the molecule is CC1CC(=NO)C1. The van der Waals surface area contributed by atoms with Crippen LogP contribution in [-0.2, 0) is 0 Å². The second-order valence-electron chi connectivity index (χ2n) is 2.18. The molecule has 1 aliphatic carbocycles. The largest absolute Gasteiger partial charge is 0.411 e. The van der Waals surface area contributed by atoms with E-state index in [1.807, 2.05) is 0 Å². The van der Waals surface area contributed by atoms with Crippen molar-refractivity contribution in [2.75, 3.05) is 0 Å². The molecular formula is C5H9NO. The van der Waals surface area contributed by atoms with Crippen LogP contribution in [0, 0.1) is 5.92 Å². The Morgan fingerprint density at radius 1 is 1.71 bits per heavy atom. The standard InChI is InChI=1S/C5H9NO/c1-4-2-5(3-4)6-7/h4,7H,2-3H2,1H3. The lowest BCUT2D eigenvalue weighted by molar-refractivity contribution is 0.307. The first-order chi connectivity index (χ1) is 3.33. The number of hydrogen-bond donors (Lipinski definition) is 1. The minimum absolute atomic E-state index is 0.755. The van der Waals surface area contributed by atoms with Crippen molar-refractivity contribution in [3.63, 3.8) is 0 Å². The predicted molar refractivity (Wildman–Crippen MR) is 27.6 cm³/mol. The lowest BCUT2D eigenvalue weighted by Crippen LogP contribution is -2.20. The van der Waals surface area contributed by atoms with Gasteiger partial charge >= 0.3 is 0 Å². The highest BCUT2D eigenvalue weighted by Crippen LogP contribution is 2.22. The van der Waals surface area contributed by atoms with E-state index in [0.717, 1.165) is 24.5 Å². The Morgan fingerprint density at radius 3 is 2.43 bits per heavy atom.